The molecule has 4 heteroatoms. The summed E-state index contributed by atoms with van der Waals surface area (Å²) in [4.78, 5) is 0. The fourth-order valence-corrected chi connectivity index (χ4v) is 1.81. The minimum atomic E-state index is -0.935. The van der Waals surface area contributed by atoms with E-state index in [4.69, 9.17) is 0 Å². The molecule has 0 saturated heterocycles. The van der Waals surface area contributed by atoms with Crippen molar-refractivity contribution in [1.82, 2.24) is 0 Å². The van der Waals surface area contributed by atoms with Crippen molar-refractivity contribution in [2.75, 3.05) is 0 Å². The summed E-state index contributed by atoms with van der Waals surface area (Å²) >= 11 is 3.16. The molecule has 0 saturated carbocycles. The molecule has 0 aromatic heterocycles. The lowest BCUT2D eigenvalue weighted by Crippen LogP contribution is -2.32. The van der Waals surface area contributed by atoms with E-state index in [9.17, 15) is 14.6 Å². The van der Waals surface area contributed by atoms with E-state index in [2.05, 4.69) is 15.9 Å². The number of benzene rings is 1. The molecule has 1 aromatic carbocycles. The molecular weight excluding hydrogens is 275 g/mol. The van der Waals surface area contributed by atoms with Crippen LogP contribution in [-0.4, -0.2) is 22.4 Å². The molecule has 0 aliphatic rings. The standard InChI is InChI=1S/C12H16BrFO2/c1-7(2)12(16)11(15)5-8-3-4-9(13)6-10(8)14/h3-4,6-7,11-12,15-16H,5H2,1-2H3. The zero-order valence-corrected chi connectivity index (χ0v) is 10.9. The lowest BCUT2D eigenvalue weighted by Gasteiger charge is -2.21. The maximum Gasteiger partial charge on any atom is 0.127 e. The van der Waals surface area contributed by atoms with Crippen LogP contribution in [0.2, 0.25) is 0 Å². The summed E-state index contributed by atoms with van der Waals surface area (Å²) in [5, 5.41) is 19.3. The van der Waals surface area contributed by atoms with Crippen LogP contribution in [0.15, 0.2) is 22.7 Å². The first-order valence-corrected chi connectivity index (χ1v) is 6.01. The van der Waals surface area contributed by atoms with E-state index < -0.39 is 12.2 Å². The lowest BCUT2D eigenvalue weighted by atomic mass is 9.96. The monoisotopic (exact) mass is 290 g/mol. The van der Waals surface area contributed by atoms with E-state index in [1.54, 1.807) is 12.1 Å². The molecule has 0 aliphatic carbocycles. The summed E-state index contributed by atoms with van der Waals surface area (Å²) in [6.07, 6.45) is -1.64. The SMILES string of the molecule is CC(C)C(O)C(O)Cc1ccc(Br)cc1F. The van der Waals surface area contributed by atoms with Gasteiger partial charge in [0.2, 0.25) is 0 Å². The van der Waals surface area contributed by atoms with Crippen molar-refractivity contribution in [1.29, 1.82) is 0 Å². The molecule has 90 valence electrons. The molecule has 2 atom stereocenters. The molecule has 0 radical (unpaired) electrons. The van der Waals surface area contributed by atoms with Crippen LogP contribution >= 0.6 is 15.9 Å². The fraction of sp³-hybridized carbons (Fsp3) is 0.500. The van der Waals surface area contributed by atoms with Crippen LogP contribution in [0.25, 0.3) is 0 Å². The first-order valence-electron chi connectivity index (χ1n) is 5.22. The largest absolute Gasteiger partial charge is 0.390 e. The van der Waals surface area contributed by atoms with E-state index in [1.165, 1.54) is 6.07 Å². The van der Waals surface area contributed by atoms with Gasteiger partial charge < -0.3 is 10.2 Å². The van der Waals surface area contributed by atoms with Gasteiger partial charge in [-0.25, -0.2) is 4.39 Å². The molecule has 0 heterocycles. The van der Waals surface area contributed by atoms with E-state index in [0.29, 0.717) is 10.0 Å². The van der Waals surface area contributed by atoms with Crippen molar-refractivity contribution in [2.45, 2.75) is 32.5 Å². The van der Waals surface area contributed by atoms with Gasteiger partial charge in [-0.05, 0) is 23.6 Å². The molecular formula is C12H16BrFO2. The quantitative estimate of drug-likeness (QED) is 0.895. The normalized spacial score (nSPS) is 15.2. The molecule has 1 rings (SSSR count). The van der Waals surface area contributed by atoms with Gasteiger partial charge in [0.1, 0.15) is 5.82 Å². The summed E-state index contributed by atoms with van der Waals surface area (Å²) in [5.41, 5.74) is 0.412. The summed E-state index contributed by atoms with van der Waals surface area (Å²) in [7, 11) is 0. The molecule has 0 bridgehead atoms. The van der Waals surface area contributed by atoms with Crippen LogP contribution in [0.1, 0.15) is 19.4 Å². The Morgan fingerprint density at radius 2 is 1.94 bits per heavy atom. The number of aliphatic hydroxyl groups is 2. The molecule has 2 N–H and O–H groups in total. The Balaban J connectivity index is 2.73. The highest BCUT2D eigenvalue weighted by Gasteiger charge is 2.21. The highest BCUT2D eigenvalue weighted by atomic mass is 79.9. The summed E-state index contributed by atoms with van der Waals surface area (Å²) in [6, 6.07) is 4.67. The number of aliphatic hydroxyl groups excluding tert-OH is 2. The average molecular weight is 291 g/mol. The van der Waals surface area contributed by atoms with Gasteiger partial charge in [-0.2, -0.15) is 0 Å². The molecule has 2 unspecified atom stereocenters. The molecule has 0 spiro atoms. The molecule has 1 aromatic rings. The Kier molecular flexibility index (Phi) is 4.89. The fourth-order valence-electron chi connectivity index (χ4n) is 1.48. The Morgan fingerprint density at radius 3 is 2.44 bits per heavy atom. The minimum absolute atomic E-state index is 0.0477. The van der Waals surface area contributed by atoms with E-state index in [-0.39, 0.29) is 18.2 Å². The topological polar surface area (TPSA) is 40.5 Å². The van der Waals surface area contributed by atoms with E-state index in [1.807, 2.05) is 13.8 Å². The van der Waals surface area contributed by atoms with Gasteiger partial charge in [0.15, 0.2) is 0 Å². The number of halogens is 2. The number of hydrogen-bond donors (Lipinski definition) is 2. The maximum absolute atomic E-state index is 13.5. The summed E-state index contributed by atoms with van der Waals surface area (Å²) < 4.78 is 14.1. The molecule has 2 nitrogen and oxygen atoms in total. The van der Waals surface area contributed by atoms with Crippen LogP contribution in [-0.2, 0) is 6.42 Å². The predicted octanol–water partition coefficient (Wildman–Crippen LogP) is 2.51. The minimum Gasteiger partial charge on any atom is -0.390 e. The van der Waals surface area contributed by atoms with Crippen LogP contribution in [0.3, 0.4) is 0 Å². The highest BCUT2D eigenvalue weighted by molar-refractivity contribution is 9.10. The zero-order valence-electron chi connectivity index (χ0n) is 9.32. The summed E-state index contributed by atoms with van der Waals surface area (Å²) in [6.45, 7) is 3.62. The number of hydrogen-bond acceptors (Lipinski definition) is 2. The second kappa shape index (κ2) is 5.75. The predicted molar refractivity (Wildman–Crippen MR) is 64.7 cm³/mol. The second-order valence-electron chi connectivity index (χ2n) is 4.24. The van der Waals surface area contributed by atoms with Gasteiger partial charge >= 0.3 is 0 Å². The van der Waals surface area contributed by atoms with Crippen molar-refractivity contribution in [3.63, 3.8) is 0 Å². The highest BCUT2D eigenvalue weighted by Crippen LogP contribution is 2.18. The van der Waals surface area contributed by atoms with Gasteiger partial charge in [-0.1, -0.05) is 35.8 Å². The van der Waals surface area contributed by atoms with Crippen molar-refractivity contribution in [3.05, 3.63) is 34.1 Å². The molecule has 0 amide bonds. The van der Waals surface area contributed by atoms with Gasteiger partial charge in [0.25, 0.3) is 0 Å². The Morgan fingerprint density at radius 1 is 1.31 bits per heavy atom. The van der Waals surface area contributed by atoms with Crippen molar-refractivity contribution in [3.8, 4) is 0 Å². The summed E-state index contributed by atoms with van der Waals surface area (Å²) in [5.74, 6) is -0.419. The van der Waals surface area contributed by atoms with Crippen molar-refractivity contribution in [2.24, 2.45) is 5.92 Å². The van der Waals surface area contributed by atoms with E-state index in [0.717, 1.165) is 0 Å². The first-order chi connectivity index (χ1) is 7.41. The third-order valence-electron chi connectivity index (χ3n) is 2.52. The van der Waals surface area contributed by atoms with Crippen LogP contribution in [0, 0.1) is 11.7 Å². The number of rotatable bonds is 4. The van der Waals surface area contributed by atoms with Gasteiger partial charge in [-0.15, -0.1) is 0 Å². The third-order valence-corrected chi connectivity index (χ3v) is 3.01. The molecule has 0 aliphatic heterocycles. The van der Waals surface area contributed by atoms with Crippen molar-refractivity contribution >= 4 is 15.9 Å². The Bertz CT molecular complexity index is 355. The van der Waals surface area contributed by atoms with Gasteiger partial charge in [0, 0.05) is 10.9 Å². The molecule has 16 heavy (non-hydrogen) atoms. The van der Waals surface area contributed by atoms with Gasteiger partial charge in [-0.3, -0.25) is 0 Å². The lowest BCUT2D eigenvalue weighted by molar-refractivity contribution is -0.00768. The maximum atomic E-state index is 13.5. The Hall–Kier alpha value is -0.450. The Labute approximate surface area is 103 Å². The zero-order chi connectivity index (χ0) is 12.3. The first kappa shape index (κ1) is 13.6. The second-order valence-corrected chi connectivity index (χ2v) is 5.16. The van der Waals surface area contributed by atoms with E-state index >= 15 is 0 Å². The van der Waals surface area contributed by atoms with Gasteiger partial charge in [0.05, 0.1) is 12.2 Å². The van der Waals surface area contributed by atoms with Crippen molar-refractivity contribution < 1.29 is 14.6 Å². The third kappa shape index (κ3) is 3.54. The average Bonchev–Trinajstić information content (AvgIpc) is 2.20. The van der Waals surface area contributed by atoms with Crippen LogP contribution in [0.5, 0.6) is 0 Å². The van der Waals surface area contributed by atoms with Crippen LogP contribution in [0.4, 0.5) is 4.39 Å². The van der Waals surface area contributed by atoms with Crippen LogP contribution < -0.4 is 0 Å². The molecule has 0 fully saturated rings. The smallest absolute Gasteiger partial charge is 0.127 e.